The molecule has 5 nitrogen and oxygen atoms in total. The van der Waals surface area contributed by atoms with Crippen molar-refractivity contribution in [3.05, 3.63) is 24.3 Å². The minimum absolute atomic E-state index is 0.587. The SMILES string of the molecule is COc1c(N)ccc2c1[nH]c1c(OC)ccc(OC)c12. The third-order valence-electron chi connectivity index (χ3n) is 3.48. The van der Waals surface area contributed by atoms with Gasteiger partial charge in [0.25, 0.3) is 0 Å². The van der Waals surface area contributed by atoms with Gasteiger partial charge < -0.3 is 24.9 Å². The number of rotatable bonds is 3. The molecule has 0 atom stereocenters. The highest BCUT2D eigenvalue weighted by Crippen LogP contribution is 2.42. The summed E-state index contributed by atoms with van der Waals surface area (Å²) in [6.45, 7) is 0. The Hall–Kier alpha value is -2.56. The zero-order valence-electron chi connectivity index (χ0n) is 11.6. The van der Waals surface area contributed by atoms with E-state index in [4.69, 9.17) is 19.9 Å². The zero-order valence-corrected chi connectivity index (χ0v) is 11.6. The van der Waals surface area contributed by atoms with Gasteiger partial charge in [0.15, 0.2) is 5.75 Å². The van der Waals surface area contributed by atoms with Crippen LogP contribution in [0.4, 0.5) is 5.69 Å². The van der Waals surface area contributed by atoms with Crippen LogP contribution in [-0.4, -0.2) is 26.3 Å². The van der Waals surface area contributed by atoms with Gasteiger partial charge in [0, 0.05) is 5.39 Å². The van der Waals surface area contributed by atoms with Crippen LogP contribution in [0.2, 0.25) is 0 Å². The van der Waals surface area contributed by atoms with Crippen LogP contribution in [0, 0.1) is 0 Å². The summed E-state index contributed by atoms with van der Waals surface area (Å²) in [5, 5.41) is 1.95. The summed E-state index contributed by atoms with van der Waals surface area (Å²) in [6, 6.07) is 7.53. The van der Waals surface area contributed by atoms with Gasteiger partial charge in [0.05, 0.1) is 43.4 Å². The molecule has 5 heteroatoms. The molecule has 0 spiro atoms. The van der Waals surface area contributed by atoms with E-state index in [2.05, 4.69) is 4.98 Å². The van der Waals surface area contributed by atoms with Gasteiger partial charge in [0.2, 0.25) is 0 Å². The Morgan fingerprint density at radius 1 is 0.850 bits per heavy atom. The molecule has 0 fully saturated rings. The van der Waals surface area contributed by atoms with E-state index in [1.165, 1.54) is 0 Å². The Balaban J connectivity index is 2.53. The van der Waals surface area contributed by atoms with Crippen molar-refractivity contribution in [3.8, 4) is 17.2 Å². The molecule has 0 amide bonds. The van der Waals surface area contributed by atoms with Crippen molar-refractivity contribution in [2.75, 3.05) is 27.1 Å². The van der Waals surface area contributed by atoms with Crippen molar-refractivity contribution in [2.24, 2.45) is 0 Å². The average Bonchev–Trinajstić information content (AvgIpc) is 2.85. The number of nitrogens with two attached hydrogens (primary N) is 1. The molecule has 2 aromatic carbocycles. The molecule has 1 aromatic heterocycles. The Morgan fingerprint density at radius 3 is 2.20 bits per heavy atom. The molecular formula is C15H16N2O3. The quantitative estimate of drug-likeness (QED) is 0.719. The van der Waals surface area contributed by atoms with Crippen LogP contribution in [0.15, 0.2) is 24.3 Å². The van der Waals surface area contributed by atoms with Crippen LogP contribution in [0.3, 0.4) is 0 Å². The molecule has 0 unspecified atom stereocenters. The molecular weight excluding hydrogens is 256 g/mol. The summed E-state index contributed by atoms with van der Waals surface area (Å²) >= 11 is 0. The van der Waals surface area contributed by atoms with Crippen LogP contribution in [-0.2, 0) is 0 Å². The smallest absolute Gasteiger partial charge is 0.165 e. The number of methoxy groups -OCH3 is 3. The van der Waals surface area contributed by atoms with Crippen LogP contribution in [0.5, 0.6) is 17.2 Å². The average molecular weight is 272 g/mol. The second-order valence-electron chi connectivity index (χ2n) is 4.46. The first-order chi connectivity index (χ1) is 9.71. The largest absolute Gasteiger partial charge is 0.496 e. The number of aromatic amines is 1. The molecule has 0 aliphatic heterocycles. The number of H-pyrrole nitrogens is 1. The summed E-state index contributed by atoms with van der Waals surface area (Å²) in [7, 11) is 4.89. The fraction of sp³-hybridized carbons (Fsp3) is 0.200. The van der Waals surface area contributed by atoms with Crippen molar-refractivity contribution in [3.63, 3.8) is 0 Å². The Labute approximate surface area is 116 Å². The third-order valence-corrected chi connectivity index (χ3v) is 3.48. The monoisotopic (exact) mass is 272 g/mol. The number of hydrogen-bond acceptors (Lipinski definition) is 4. The molecule has 3 aromatic rings. The van der Waals surface area contributed by atoms with E-state index >= 15 is 0 Å². The molecule has 3 N–H and O–H groups in total. The van der Waals surface area contributed by atoms with E-state index in [9.17, 15) is 0 Å². The van der Waals surface area contributed by atoms with Gasteiger partial charge in [-0.05, 0) is 24.3 Å². The van der Waals surface area contributed by atoms with Crippen LogP contribution in [0.1, 0.15) is 0 Å². The molecule has 0 bridgehead atoms. The minimum Gasteiger partial charge on any atom is -0.496 e. The lowest BCUT2D eigenvalue weighted by Gasteiger charge is -2.06. The predicted octanol–water partition coefficient (Wildman–Crippen LogP) is 2.93. The molecule has 0 radical (unpaired) electrons. The van der Waals surface area contributed by atoms with Gasteiger partial charge >= 0.3 is 0 Å². The lowest BCUT2D eigenvalue weighted by atomic mass is 10.1. The fourth-order valence-corrected chi connectivity index (χ4v) is 2.57. The van der Waals surface area contributed by atoms with Crippen molar-refractivity contribution < 1.29 is 14.2 Å². The van der Waals surface area contributed by atoms with E-state index in [0.29, 0.717) is 11.4 Å². The lowest BCUT2D eigenvalue weighted by molar-refractivity contribution is 0.410. The van der Waals surface area contributed by atoms with Gasteiger partial charge in [-0.25, -0.2) is 0 Å². The summed E-state index contributed by atoms with van der Waals surface area (Å²) in [6.07, 6.45) is 0. The number of aromatic nitrogens is 1. The Morgan fingerprint density at radius 2 is 1.55 bits per heavy atom. The maximum absolute atomic E-state index is 5.95. The van der Waals surface area contributed by atoms with Crippen molar-refractivity contribution in [1.82, 2.24) is 4.98 Å². The highest BCUT2D eigenvalue weighted by Gasteiger charge is 2.17. The van der Waals surface area contributed by atoms with E-state index < -0.39 is 0 Å². The lowest BCUT2D eigenvalue weighted by Crippen LogP contribution is -1.92. The number of hydrogen-bond donors (Lipinski definition) is 2. The summed E-state index contributed by atoms with van der Waals surface area (Å²) in [5.41, 5.74) is 8.24. The summed E-state index contributed by atoms with van der Waals surface area (Å²) in [5.74, 6) is 2.15. The fourth-order valence-electron chi connectivity index (χ4n) is 2.57. The van der Waals surface area contributed by atoms with Crippen molar-refractivity contribution in [1.29, 1.82) is 0 Å². The number of fused-ring (bicyclic) bond motifs is 3. The highest BCUT2D eigenvalue weighted by atomic mass is 16.5. The predicted molar refractivity (Wildman–Crippen MR) is 79.9 cm³/mol. The van der Waals surface area contributed by atoms with Gasteiger partial charge in [-0.3, -0.25) is 0 Å². The van der Waals surface area contributed by atoms with Gasteiger partial charge in [0.1, 0.15) is 11.5 Å². The number of benzene rings is 2. The third kappa shape index (κ3) is 1.56. The number of ether oxygens (including phenoxy) is 3. The van der Waals surface area contributed by atoms with Gasteiger partial charge in [-0.1, -0.05) is 0 Å². The second-order valence-corrected chi connectivity index (χ2v) is 4.46. The van der Waals surface area contributed by atoms with Crippen LogP contribution in [0.25, 0.3) is 21.8 Å². The number of nitrogen functional groups attached to an aromatic ring is 1. The first-order valence-corrected chi connectivity index (χ1v) is 6.20. The first-order valence-electron chi connectivity index (χ1n) is 6.20. The normalized spacial score (nSPS) is 10.9. The van der Waals surface area contributed by atoms with Crippen molar-refractivity contribution in [2.45, 2.75) is 0 Å². The van der Waals surface area contributed by atoms with Crippen LogP contribution >= 0.6 is 0 Å². The van der Waals surface area contributed by atoms with Crippen LogP contribution < -0.4 is 19.9 Å². The van der Waals surface area contributed by atoms with Crippen molar-refractivity contribution >= 4 is 27.5 Å². The van der Waals surface area contributed by atoms with E-state index in [-0.39, 0.29) is 0 Å². The molecule has 0 saturated carbocycles. The molecule has 0 aliphatic carbocycles. The van der Waals surface area contributed by atoms with E-state index in [0.717, 1.165) is 33.3 Å². The molecule has 3 rings (SSSR count). The molecule has 0 aliphatic rings. The highest BCUT2D eigenvalue weighted by molar-refractivity contribution is 6.14. The maximum Gasteiger partial charge on any atom is 0.165 e. The molecule has 0 saturated heterocycles. The zero-order chi connectivity index (χ0) is 14.3. The standard InChI is InChI=1S/C15H16N2O3/c1-18-10-6-7-11(19-2)14-12(10)8-4-5-9(16)15(20-3)13(8)17-14/h4-7,17H,16H2,1-3H3. The van der Waals surface area contributed by atoms with Gasteiger partial charge in [-0.2, -0.15) is 0 Å². The maximum atomic E-state index is 5.95. The summed E-state index contributed by atoms with van der Waals surface area (Å²) < 4.78 is 16.2. The Bertz CT molecular complexity index is 793. The van der Waals surface area contributed by atoms with E-state index in [1.807, 2.05) is 24.3 Å². The number of anilines is 1. The second kappa shape index (κ2) is 4.52. The first kappa shape index (κ1) is 12.5. The summed E-state index contributed by atoms with van der Waals surface area (Å²) in [4.78, 5) is 3.32. The van der Waals surface area contributed by atoms with Gasteiger partial charge in [-0.15, -0.1) is 0 Å². The number of nitrogens with one attached hydrogen (secondary N) is 1. The van der Waals surface area contributed by atoms with E-state index in [1.54, 1.807) is 21.3 Å². The molecule has 20 heavy (non-hydrogen) atoms. The topological polar surface area (TPSA) is 69.5 Å². The minimum atomic E-state index is 0.587. The Kier molecular flexibility index (Phi) is 2.82. The molecule has 104 valence electrons. The molecule has 1 heterocycles.